The van der Waals surface area contributed by atoms with Crippen LogP contribution in [0.1, 0.15) is 44.7 Å². The van der Waals surface area contributed by atoms with E-state index < -0.39 is 22.9 Å². The Morgan fingerprint density at radius 3 is 2.54 bits per heavy atom. The van der Waals surface area contributed by atoms with E-state index in [0.717, 1.165) is 32.5 Å². The molecule has 0 unspecified atom stereocenters. The molecule has 8 heteroatoms. The molecule has 8 nitrogen and oxygen atoms in total. The molecule has 0 radical (unpaired) electrons. The van der Waals surface area contributed by atoms with Crippen molar-refractivity contribution < 1.29 is 9.90 Å². The van der Waals surface area contributed by atoms with Gasteiger partial charge in [0.05, 0.1) is 11.6 Å². The number of aromatic nitrogens is 2. The summed E-state index contributed by atoms with van der Waals surface area (Å²) in [6.07, 6.45) is 3.89. The first-order chi connectivity index (χ1) is 12.2. The fraction of sp³-hybridized carbons (Fsp3) is 0.722. The lowest BCUT2D eigenvalue weighted by Crippen LogP contribution is -2.57. The summed E-state index contributed by atoms with van der Waals surface area (Å²) in [6.45, 7) is 7.79. The van der Waals surface area contributed by atoms with E-state index >= 15 is 0 Å². The van der Waals surface area contributed by atoms with E-state index in [1.807, 2.05) is 4.90 Å². The number of amides is 1. The molecule has 2 atom stereocenters. The molecular weight excluding hydrogens is 336 g/mol. The molecule has 2 N–H and O–H groups in total. The van der Waals surface area contributed by atoms with Crippen LogP contribution in [0.4, 0.5) is 0 Å². The van der Waals surface area contributed by atoms with Gasteiger partial charge < -0.3 is 10.0 Å². The normalized spacial score (nSPS) is 28.3. The van der Waals surface area contributed by atoms with Gasteiger partial charge in [0.2, 0.25) is 5.91 Å². The lowest BCUT2D eigenvalue weighted by molar-refractivity contribution is -0.130. The maximum absolute atomic E-state index is 12.3. The monoisotopic (exact) mass is 364 g/mol. The van der Waals surface area contributed by atoms with Crippen molar-refractivity contribution in [2.45, 2.75) is 57.7 Å². The summed E-state index contributed by atoms with van der Waals surface area (Å²) in [6, 6.07) is -0.0890. The third kappa shape index (κ3) is 3.61. The number of hydrogen-bond acceptors (Lipinski definition) is 5. The number of carbonyl (C=O) groups excluding carboxylic acids is 1. The Kier molecular flexibility index (Phi) is 5.07. The number of nitrogens with one attached hydrogen (secondary N) is 1. The van der Waals surface area contributed by atoms with Gasteiger partial charge in [0, 0.05) is 50.9 Å². The van der Waals surface area contributed by atoms with E-state index in [1.54, 1.807) is 27.0 Å². The van der Waals surface area contributed by atoms with Gasteiger partial charge in [-0.3, -0.25) is 24.0 Å². The van der Waals surface area contributed by atoms with E-state index in [-0.39, 0.29) is 5.91 Å². The minimum Gasteiger partial charge on any atom is -0.388 e. The molecule has 0 aromatic carbocycles. The van der Waals surface area contributed by atoms with Gasteiger partial charge in [-0.1, -0.05) is 0 Å². The molecule has 144 valence electrons. The molecule has 2 aliphatic heterocycles. The number of nitrogens with zero attached hydrogens (tertiary/aromatic N) is 3. The summed E-state index contributed by atoms with van der Waals surface area (Å²) < 4.78 is 1.47. The predicted molar refractivity (Wildman–Crippen MR) is 97.2 cm³/mol. The molecule has 3 rings (SSSR count). The highest BCUT2D eigenvalue weighted by Crippen LogP contribution is 2.33. The molecule has 3 heterocycles. The Balaban J connectivity index is 1.80. The summed E-state index contributed by atoms with van der Waals surface area (Å²) in [5.41, 5.74) is -1.45. The zero-order valence-corrected chi connectivity index (χ0v) is 15.7. The molecule has 26 heavy (non-hydrogen) atoms. The number of aromatic amines is 1. The lowest BCUT2D eigenvalue weighted by Gasteiger charge is -2.47. The summed E-state index contributed by atoms with van der Waals surface area (Å²) in [5, 5.41) is 10.9. The SMILES string of the molecule is CC(=O)N1CCC(N2CC[C@@](C)(O)[C@H](n3cc(C)c(=O)[nH]c3=O)C2)CC1. The Bertz CT molecular complexity index is 789. The minimum absolute atomic E-state index is 0.109. The first kappa shape index (κ1) is 18.8. The van der Waals surface area contributed by atoms with Crippen molar-refractivity contribution in [1.82, 2.24) is 19.4 Å². The summed E-state index contributed by atoms with van der Waals surface area (Å²) >= 11 is 0. The second-order valence-corrected chi connectivity index (χ2v) is 7.83. The highest BCUT2D eigenvalue weighted by Gasteiger charge is 2.41. The standard InChI is InChI=1S/C18H28N4O4/c1-12-10-22(17(25)19-16(12)24)15-11-21(9-6-18(15,3)26)14-4-7-20(8-5-14)13(2)23/h10,14-15,26H,4-9,11H2,1-3H3,(H,19,24,25)/t15-,18-/m1/s1. The number of aryl methyl sites for hydroxylation is 1. The first-order valence-corrected chi connectivity index (χ1v) is 9.23. The number of hydrogen-bond donors (Lipinski definition) is 2. The molecule has 2 fully saturated rings. The van der Waals surface area contributed by atoms with Crippen LogP contribution in [0.15, 0.2) is 15.8 Å². The predicted octanol–water partition coefficient (Wildman–Crippen LogP) is -0.146. The summed E-state index contributed by atoms with van der Waals surface area (Å²) in [7, 11) is 0. The molecule has 1 amide bonds. The van der Waals surface area contributed by atoms with Gasteiger partial charge in [-0.05, 0) is 33.1 Å². The van der Waals surface area contributed by atoms with Crippen molar-refractivity contribution in [3.63, 3.8) is 0 Å². The number of piperidine rings is 2. The lowest BCUT2D eigenvalue weighted by atomic mass is 9.86. The van der Waals surface area contributed by atoms with Crippen molar-refractivity contribution in [2.24, 2.45) is 0 Å². The quantitative estimate of drug-likeness (QED) is 0.761. The molecule has 0 aliphatic carbocycles. The highest BCUT2D eigenvalue weighted by atomic mass is 16.3. The topological polar surface area (TPSA) is 98.6 Å². The van der Waals surface area contributed by atoms with Gasteiger partial charge in [-0.25, -0.2) is 4.79 Å². The number of rotatable bonds is 2. The van der Waals surface area contributed by atoms with E-state index in [1.165, 1.54) is 4.57 Å². The molecule has 2 saturated heterocycles. The van der Waals surface area contributed by atoms with Crippen LogP contribution in [0.2, 0.25) is 0 Å². The molecule has 1 aromatic rings. The first-order valence-electron chi connectivity index (χ1n) is 9.23. The van der Waals surface area contributed by atoms with Crippen LogP contribution in [0.5, 0.6) is 0 Å². The number of H-pyrrole nitrogens is 1. The van der Waals surface area contributed by atoms with Crippen LogP contribution in [-0.4, -0.2) is 68.2 Å². The van der Waals surface area contributed by atoms with E-state index in [9.17, 15) is 19.5 Å². The van der Waals surface area contributed by atoms with Crippen LogP contribution in [-0.2, 0) is 4.79 Å². The minimum atomic E-state index is -1.02. The maximum Gasteiger partial charge on any atom is 0.328 e. The van der Waals surface area contributed by atoms with Gasteiger partial charge in [-0.15, -0.1) is 0 Å². The fourth-order valence-electron chi connectivity index (χ4n) is 4.13. The fourth-order valence-corrected chi connectivity index (χ4v) is 4.13. The average Bonchev–Trinajstić information content (AvgIpc) is 2.58. The van der Waals surface area contributed by atoms with Gasteiger partial charge in [0.15, 0.2) is 0 Å². The molecule has 0 spiro atoms. The largest absolute Gasteiger partial charge is 0.388 e. The Labute approximate surface area is 152 Å². The smallest absolute Gasteiger partial charge is 0.328 e. The van der Waals surface area contributed by atoms with E-state index in [2.05, 4.69) is 9.88 Å². The Hall–Kier alpha value is -1.93. The Morgan fingerprint density at radius 1 is 1.27 bits per heavy atom. The van der Waals surface area contributed by atoms with Crippen molar-refractivity contribution in [3.05, 3.63) is 32.6 Å². The van der Waals surface area contributed by atoms with E-state index in [0.29, 0.717) is 24.6 Å². The summed E-state index contributed by atoms with van der Waals surface area (Å²) in [5.74, 6) is 0.109. The maximum atomic E-state index is 12.3. The van der Waals surface area contributed by atoms with E-state index in [4.69, 9.17) is 0 Å². The zero-order chi connectivity index (χ0) is 19.1. The van der Waals surface area contributed by atoms with Crippen molar-refractivity contribution >= 4 is 5.91 Å². The van der Waals surface area contributed by atoms with Gasteiger partial charge in [0.1, 0.15) is 0 Å². The molecular formula is C18H28N4O4. The number of aliphatic hydroxyl groups is 1. The second-order valence-electron chi connectivity index (χ2n) is 7.83. The highest BCUT2D eigenvalue weighted by molar-refractivity contribution is 5.73. The van der Waals surface area contributed by atoms with Gasteiger partial charge in [-0.2, -0.15) is 0 Å². The van der Waals surface area contributed by atoms with Crippen LogP contribution >= 0.6 is 0 Å². The molecule has 0 saturated carbocycles. The summed E-state index contributed by atoms with van der Waals surface area (Å²) in [4.78, 5) is 42.0. The van der Waals surface area contributed by atoms with Crippen LogP contribution < -0.4 is 11.2 Å². The third-order valence-corrected chi connectivity index (χ3v) is 5.94. The van der Waals surface area contributed by atoms with Gasteiger partial charge >= 0.3 is 5.69 Å². The number of carbonyl (C=O) groups is 1. The average molecular weight is 364 g/mol. The molecule has 1 aromatic heterocycles. The van der Waals surface area contributed by atoms with Crippen molar-refractivity contribution in [1.29, 1.82) is 0 Å². The van der Waals surface area contributed by atoms with Crippen LogP contribution in [0.3, 0.4) is 0 Å². The molecule has 2 aliphatic rings. The number of likely N-dealkylation sites (tertiary alicyclic amines) is 2. The second kappa shape index (κ2) is 7.00. The Morgan fingerprint density at radius 2 is 1.92 bits per heavy atom. The third-order valence-electron chi connectivity index (χ3n) is 5.94. The van der Waals surface area contributed by atoms with Crippen LogP contribution in [0.25, 0.3) is 0 Å². The van der Waals surface area contributed by atoms with Crippen molar-refractivity contribution in [3.8, 4) is 0 Å². The van der Waals surface area contributed by atoms with Gasteiger partial charge in [0.25, 0.3) is 5.56 Å². The molecule has 0 bridgehead atoms. The van der Waals surface area contributed by atoms with Crippen LogP contribution in [0, 0.1) is 6.92 Å². The van der Waals surface area contributed by atoms with Crippen molar-refractivity contribution in [2.75, 3.05) is 26.2 Å². The zero-order valence-electron chi connectivity index (χ0n) is 15.7.